The van der Waals surface area contributed by atoms with Crippen molar-refractivity contribution >= 4 is 5.91 Å². The van der Waals surface area contributed by atoms with E-state index >= 15 is 0 Å². The molecular formula is C31H31FN2O2. The Labute approximate surface area is 212 Å². The number of halogens is 1. The Morgan fingerprint density at radius 1 is 0.806 bits per heavy atom. The average molecular weight is 483 g/mol. The number of nitrogens with zero attached hydrogens (tertiary/aromatic N) is 1. The number of aryl methyl sites for hydroxylation is 2. The molecule has 0 bridgehead atoms. The number of rotatable bonds is 11. The number of hydrogen-bond donors (Lipinski definition) is 1. The van der Waals surface area contributed by atoms with E-state index < -0.39 is 5.82 Å². The molecule has 0 radical (unpaired) electrons. The lowest BCUT2D eigenvalue weighted by molar-refractivity contribution is 0.0741. The monoisotopic (exact) mass is 482 g/mol. The molecule has 2 N–H and O–H groups in total. The summed E-state index contributed by atoms with van der Waals surface area (Å²) in [6.45, 7) is 1.32. The molecule has 4 nitrogen and oxygen atoms in total. The SMILES string of the molecule is NCCCN(Cc1ccc(F)c(Oc2ccccc2)c1)C(=O)c1ccccc1CCc1ccccc1. The average Bonchev–Trinajstić information content (AvgIpc) is 2.92. The second-order valence-electron chi connectivity index (χ2n) is 8.69. The van der Waals surface area contributed by atoms with Crippen LogP contribution in [0.2, 0.25) is 0 Å². The third-order valence-corrected chi connectivity index (χ3v) is 6.03. The first-order chi connectivity index (χ1) is 17.6. The number of hydrogen-bond acceptors (Lipinski definition) is 3. The van der Waals surface area contributed by atoms with Crippen molar-refractivity contribution in [3.8, 4) is 11.5 Å². The lowest BCUT2D eigenvalue weighted by Crippen LogP contribution is -2.33. The third kappa shape index (κ3) is 6.80. The summed E-state index contributed by atoms with van der Waals surface area (Å²) in [5.41, 5.74) is 9.49. The maximum atomic E-state index is 14.5. The van der Waals surface area contributed by atoms with Crippen LogP contribution in [0.25, 0.3) is 0 Å². The van der Waals surface area contributed by atoms with E-state index in [0.717, 1.165) is 24.0 Å². The molecule has 36 heavy (non-hydrogen) atoms. The van der Waals surface area contributed by atoms with Gasteiger partial charge in [0.25, 0.3) is 5.91 Å². The van der Waals surface area contributed by atoms with Gasteiger partial charge in [0.05, 0.1) is 0 Å². The standard InChI is InChI=1S/C31H31FN2O2/c32-29-19-17-25(22-30(29)36-27-13-5-2-6-14-27)23-34(21-9-20-33)31(35)28-15-8-7-12-26(28)18-16-24-10-3-1-4-11-24/h1-8,10-15,17,19,22H,9,16,18,20-21,23,33H2. The summed E-state index contributed by atoms with van der Waals surface area (Å²) >= 11 is 0. The molecule has 0 spiro atoms. The van der Waals surface area contributed by atoms with Gasteiger partial charge in [0, 0.05) is 18.7 Å². The van der Waals surface area contributed by atoms with Gasteiger partial charge in [-0.05, 0) is 72.8 Å². The minimum absolute atomic E-state index is 0.0537. The molecular weight excluding hydrogens is 451 g/mol. The van der Waals surface area contributed by atoms with E-state index in [0.29, 0.717) is 37.4 Å². The molecule has 0 atom stereocenters. The highest BCUT2D eigenvalue weighted by Gasteiger charge is 2.19. The molecule has 4 rings (SSSR count). The van der Waals surface area contributed by atoms with Gasteiger partial charge in [-0.25, -0.2) is 4.39 Å². The van der Waals surface area contributed by atoms with Gasteiger partial charge in [-0.1, -0.05) is 72.8 Å². The normalized spacial score (nSPS) is 10.7. The minimum Gasteiger partial charge on any atom is -0.454 e. The maximum absolute atomic E-state index is 14.5. The Morgan fingerprint density at radius 2 is 1.50 bits per heavy atom. The van der Waals surface area contributed by atoms with E-state index in [-0.39, 0.29) is 11.7 Å². The van der Waals surface area contributed by atoms with E-state index in [2.05, 4.69) is 12.1 Å². The molecule has 0 aliphatic carbocycles. The van der Waals surface area contributed by atoms with Crippen molar-refractivity contribution in [3.63, 3.8) is 0 Å². The first kappa shape index (κ1) is 25.1. The fourth-order valence-corrected chi connectivity index (χ4v) is 4.14. The molecule has 0 heterocycles. The first-order valence-corrected chi connectivity index (χ1v) is 12.3. The molecule has 184 valence electrons. The predicted molar refractivity (Wildman–Crippen MR) is 142 cm³/mol. The molecule has 0 saturated heterocycles. The molecule has 0 saturated carbocycles. The van der Waals surface area contributed by atoms with Crippen LogP contribution >= 0.6 is 0 Å². The fourth-order valence-electron chi connectivity index (χ4n) is 4.14. The second kappa shape index (κ2) is 12.7. The van der Waals surface area contributed by atoms with E-state index in [4.69, 9.17) is 10.5 Å². The van der Waals surface area contributed by atoms with Gasteiger partial charge in [-0.3, -0.25) is 4.79 Å². The van der Waals surface area contributed by atoms with Crippen LogP contribution in [0.5, 0.6) is 11.5 Å². The number of nitrogens with two attached hydrogens (primary N) is 1. The summed E-state index contributed by atoms with van der Waals surface area (Å²) in [5.74, 6) is 0.181. The van der Waals surface area contributed by atoms with Gasteiger partial charge in [0.15, 0.2) is 11.6 Å². The third-order valence-electron chi connectivity index (χ3n) is 6.03. The van der Waals surface area contributed by atoms with Crippen molar-refractivity contribution in [1.82, 2.24) is 4.90 Å². The van der Waals surface area contributed by atoms with Crippen LogP contribution < -0.4 is 10.5 Å². The molecule has 0 aliphatic rings. The molecule has 0 fully saturated rings. The fraction of sp³-hybridized carbons (Fsp3) is 0.194. The zero-order chi connectivity index (χ0) is 25.2. The zero-order valence-electron chi connectivity index (χ0n) is 20.3. The Bertz CT molecular complexity index is 1260. The Hall–Kier alpha value is -3.96. The summed E-state index contributed by atoms with van der Waals surface area (Å²) in [5, 5.41) is 0. The van der Waals surface area contributed by atoms with Gasteiger partial charge >= 0.3 is 0 Å². The van der Waals surface area contributed by atoms with Crippen LogP contribution in [0.3, 0.4) is 0 Å². The Morgan fingerprint density at radius 3 is 2.25 bits per heavy atom. The summed E-state index contributed by atoms with van der Waals surface area (Å²) < 4.78 is 20.2. The van der Waals surface area contributed by atoms with Crippen LogP contribution in [0.15, 0.2) is 103 Å². The van der Waals surface area contributed by atoms with Crippen molar-refractivity contribution in [3.05, 3.63) is 131 Å². The number of amides is 1. The van der Waals surface area contributed by atoms with Crippen molar-refractivity contribution < 1.29 is 13.9 Å². The smallest absolute Gasteiger partial charge is 0.254 e. The summed E-state index contributed by atoms with van der Waals surface area (Å²) in [6.07, 6.45) is 2.29. The quantitative estimate of drug-likeness (QED) is 0.269. The second-order valence-corrected chi connectivity index (χ2v) is 8.69. The Balaban J connectivity index is 1.54. The molecule has 0 aromatic heterocycles. The maximum Gasteiger partial charge on any atom is 0.254 e. The van der Waals surface area contributed by atoms with Gasteiger partial charge < -0.3 is 15.4 Å². The number of ether oxygens (including phenoxy) is 1. The minimum atomic E-state index is -0.450. The van der Waals surface area contributed by atoms with Crippen molar-refractivity contribution in [1.29, 1.82) is 0 Å². The largest absolute Gasteiger partial charge is 0.454 e. The topological polar surface area (TPSA) is 55.6 Å². The van der Waals surface area contributed by atoms with Crippen molar-refractivity contribution in [2.75, 3.05) is 13.1 Å². The Kier molecular flexibility index (Phi) is 8.84. The predicted octanol–water partition coefficient (Wildman–Crippen LogP) is 6.39. The lowest BCUT2D eigenvalue weighted by Gasteiger charge is -2.24. The van der Waals surface area contributed by atoms with Crippen LogP contribution in [-0.2, 0) is 19.4 Å². The lowest BCUT2D eigenvalue weighted by atomic mass is 9.98. The highest BCUT2D eigenvalue weighted by molar-refractivity contribution is 5.95. The van der Waals surface area contributed by atoms with Crippen LogP contribution in [0, 0.1) is 5.82 Å². The molecule has 1 amide bonds. The summed E-state index contributed by atoms with van der Waals surface area (Å²) in [4.78, 5) is 15.5. The van der Waals surface area contributed by atoms with E-state index in [1.807, 2.05) is 60.7 Å². The number of carbonyl (C=O) groups is 1. The van der Waals surface area contributed by atoms with Crippen LogP contribution in [0.4, 0.5) is 4.39 Å². The number of benzene rings is 4. The molecule has 4 aromatic rings. The van der Waals surface area contributed by atoms with E-state index in [9.17, 15) is 9.18 Å². The highest BCUT2D eigenvalue weighted by atomic mass is 19.1. The summed E-state index contributed by atoms with van der Waals surface area (Å²) in [6, 6.07) is 31.8. The number of para-hydroxylation sites is 1. The number of carbonyl (C=O) groups excluding carboxylic acids is 1. The first-order valence-electron chi connectivity index (χ1n) is 12.3. The van der Waals surface area contributed by atoms with E-state index in [1.165, 1.54) is 11.6 Å². The molecule has 5 heteroatoms. The van der Waals surface area contributed by atoms with Gasteiger partial charge in [-0.2, -0.15) is 0 Å². The van der Waals surface area contributed by atoms with Crippen LogP contribution in [-0.4, -0.2) is 23.9 Å². The van der Waals surface area contributed by atoms with Gasteiger partial charge in [0.1, 0.15) is 5.75 Å². The van der Waals surface area contributed by atoms with Gasteiger partial charge in [-0.15, -0.1) is 0 Å². The zero-order valence-corrected chi connectivity index (χ0v) is 20.3. The van der Waals surface area contributed by atoms with Crippen molar-refractivity contribution in [2.24, 2.45) is 5.73 Å². The van der Waals surface area contributed by atoms with Crippen LogP contribution in [0.1, 0.15) is 33.5 Å². The molecule has 4 aromatic carbocycles. The molecule has 0 aliphatic heterocycles. The molecule has 0 unspecified atom stereocenters. The van der Waals surface area contributed by atoms with E-state index in [1.54, 1.807) is 29.2 Å². The van der Waals surface area contributed by atoms with Crippen molar-refractivity contribution in [2.45, 2.75) is 25.8 Å². The highest BCUT2D eigenvalue weighted by Crippen LogP contribution is 2.26. The summed E-state index contributed by atoms with van der Waals surface area (Å²) in [7, 11) is 0. The van der Waals surface area contributed by atoms with Gasteiger partial charge in [0.2, 0.25) is 0 Å².